The molecule has 1 fully saturated rings. The van der Waals surface area contributed by atoms with Crippen LogP contribution in [0.15, 0.2) is 42.5 Å². The van der Waals surface area contributed by atoms with Gasteiger partial charge in [-0.1, -0.05) is 42.8 Å². The zero-order valence-corrected chi connectivity index (χ0v) is 16.7. The Labute approximate surface area is 169 Å². The summed E-state index contributed by atoms with van der Waals surface area (Å²) in [7, 11) is 1.63. The molecule has 1 heterocycles. The van der Waals surface area contributed by atoms with Gasteiger partial charge in [0.05, 0.1) is 12.8 Å². The van der Waals surface area contributed by atoms with Crippen molar-refractivity contribution in [2.45, 2.75) is 32.1 Å². The molecule has 146 valence electrons. The van der Waals surface area contributed by atoms with Crippen molar-refractivity contribution in [3.63, 3.8) is 0 Å². The second kappa shape index (κ2) is 8.57. The Hall–Kier alpha value is -2.66. The molecule has 0 bridgehead atoms. The molecule has 5 nitrogen and oxygen atoms in total. The number of carboxylic acid groups (broad SMARTS) is 1. The Morgan fingerprint density at radius 3 is 2.57 bits per heavy atom. The van der Waals surface area contributed by atoms with Crippen LogP contribution in [0.25, 0.3) is 5.57 Å². The Bertz CT molecular complexity index is 918. The van der Waals surface area contributed by atoms with Gasteiger partial charge in [0.1, 0.15) is 5.71 Å². The number of benzene rings is 1. The van der Waals surface area contributed by atoms with Gasteiger partial charge in [0.15, 0.2) is 0 Å². The van der Waals surface area contributed by atoms with Crippen LogP contribution in [0, 0.1) is 11.3 Å². The van der Waals surface area contributed by atoms with Gasteiger partial charge in [-0.2, -0.15) is 0 Å². The minimum absolute atomic E-state index is 0.143. The van der Waals surface area contributed by atoms with E-state index in [1.54, 1.807) is 7.11 Å². The van der Waals surface area contributed by atoms with Crippen LogP contribution in [-0.4, -0.2) is 28.9 Å². The number of rotatable bonds is 8. The van der Waals surface area contributed by atoms with E-state index in [2.05, 4.69) is 6.07 Å². The first-order valence-corrected chi connectivity index (χ1v) is 9.60. The van der Waals surface area contributed by atoms with Crippen molar-refractivity contribution in [1.29, 1.82) is 5.41 Å². The molecule has 3 rings (SSSR count). The van der Waals surface area contributed by atoms with E-state index in [4.69, 9.17) is 31.8 Å². The lowest BCUT2D eigenvalue weighted by molar-refractivity contribution is -0.129. The molecule has 0 spiro atoms. The number of pyridine rings is 1. The number of aliphatic carboxylic acids is 1. The number of ether oxygens (including phenoxy) is 1. The maximum atomic E-state index is 11.0. The summed E-state index contributed by atoms with van der Waals surface area (Å²) >= 11 is 6.03. The Morgan fingerprint density at radius 1 is 1.32 bits per heavy atom. The molecular weight excluding hydrogens is 376 g/mol. The van der Waals surface area contributed by atoms with Crippen LogP contribution in [0.4, 0.5) is 0 Å². The van der Waals surface area contributed by atoms with Gasteiger partial charge in [-0.25, -0.2) is 9.78 Å². The first kappa shape index (κ1) is 20.1. The number of nitrogens with zero attached hydrogens (tertiary/aromatic N) is 1. The highest BCUT2D eigenvalue weighted by Gasteiger charge is 2.28. The molecule has 1 aromatic carbocycles. The van der Waals surface area contributed by atoms with Crippen molar-refractivity contribution in [1.82, 2.24) is 4.98 Å². The van der Waals surface area contributed by atoms with Gasteiger partial charge in [-0.05, 0) is 48.4 Å². The fourth-order valence-corrected chi connectivity index (χ4v) is 3.31. The maximum Gasteiger partial charge on any atom is 0.349 e. The van der Waals surface area contributed by atoms with E-state index in [0.717, 1.165) is 35.2 Å². The molecular formula is C22H23ClN2O3. The smallest absolute Gasteiger partial charge is 0.349 e. The second-order valence-electron chi connectivity index (χ2n) is 7.12. The Balaban J connectivity index is 2.00. The highest BCUT2D eigenvalue weighted by Crippen LogP contribution is 2.44. The Morgan fingerprint density at radius 2 is 2.00 bits per heavy atom. The van der Waals surface area contributed by atoms with Gasteiger partial charge < -0.3 is 9.84 Å². The third-order valence-corrected chi connectivity index (χ3v) is 5.02. The van der Waals surface area contributed by atoms with Crippen LogP contribution in [0.2, 0.25) is 5.02 Å². The molecule has 0 saturated heterocycles. The van der Waals surface area contributed by atoms with Gasteiger partial charge in [0.2, 0.25) is 5.88 Å². The summed E-state index contributed by atoms with van der Waals surface area (Å²) in [6, 6.07) is 11.5. The predicted molar refractivity (Wildman–Crippen MR) is 110 cm³/mol. The van der Waals surface area contributed by atoms with E-state index in [1.807, 2.05) is 43.3 Å². The van der Waals surface area contributed by atoms with Crippen LogP contribution in [0.5, 0.6) is 5.88 Å². The molecule has 2 N–H and O–H groups in total. The average Bonchev–Trinajstić information content (AvgIpc) is 3.51. The normalized spacial score (nSPS) is 15.2. The molecule has 2 aromatic rings. The van der Waals surface area contributed by atoms with Crippen molar-refractivity contribution in [3.8, 4) is 5.88 Å². The topological polar surface area (TPSA) is 83.3 Å². The monoisotopic (exact) mass is 398 g/mol. The zero-order chi connectivity index (χ0) is 20.3. The van der Waals surface area contributed by atoms with E-state index in [-0.39, 0.29) is 18.1 Å². The van der Waals surface area contributed by atoms with Crippen molar-refractivity contribution in [2.75, 3.05) is 7.11 Å². The van der Waals surface area contributed by atoms with E-state index in [1.165, 1.54) is 0 Å². The zero-order valence-electron chi connectivity index (χ0n) is 15.9. The predicted octanol–water partition coefficient (Wildman–Crippen LogP) is 5.18. The highest BCUT2D eigenvalue weighted by molar-refractivity contribution is 6.34. The number of carboxylic acids is 1. The summed E-state index contributed by atoms with van der Waals surface area (Å²) in [6.07, 6.45) is 4.42. The molecule has 28 heavy (non-hydrogen) atoms. The van der Waals surface area contributed by atoms with E-state index >= 15 is 0 Å². The maximum absolute atomic E-state index is 11.0. The third kappa shape index (κ3) is 4.78. The van der Waals surface area contributed by atoms with E-state index in [9.17, 15) is 4.79 Å². The number of carbonyl (C=O) groups is 1. The minimum atomic E-state index is -1.19. The van der Waals surface area contributed by atoms with Crippen LogP contribution in [0.1, 0.15) is 48.9 Å². The van der Waals surface area contributed by atoms with Crippen LogP contribution < -0.4 is 4.74 Å². The molecule has 1 aromatic heterocycles. The summed E-state index contributed by atoms with van der Waals surface area (Å²) < 4.78 is 5.52. The van der Waals surface area contributed by atoms with Gasteiger partial charge in [-0.3, -0.25) is 5.41 Å². The molecule has 0 unspecified atom stereocenters. The molecule has 0 amide bonds. The van der Waals surface area contributed by atoms with Gasteiger partial charge in [0.25, 0.3) is 0 Å². The fourth-order valence-electron chi connectivity index (χ4n) is 3.18. The number of hydrogen-bond donors (Lipinski definition) is 2. The summed E-state index contributed by atoms with van der Waals surface area (Å²) in [4.78, 5) is 15.7. The summed E-state index contributed by atoms with van der Waals surface area (Å²) in [5, 5.41) is 17.3. The number of halogens is 1. The van der Waals surface area contributed by atoms with Crippen LogP contribution in [-0.2, 0) is 4.79 Å². The van der Waals surface area contributed by atoms with Gasteiger partial charge in [-0.15, -0.1) is 0 Å². The first-order chi connectivity index (χ1) is 13.4. The molecule has 0 radical (unpaired) electrons. The van der Waals surface area contributed by atoms with E-state index < -0.39 is 5.97 Å². The standard InChI is InChI=1S/C22H23ClN2O3/c1-13(12-19(24)22(26)27)11-18(15-5-7-16(23)8-6-15)20-10-9-17(14-3-4-14)21(25-20)28-2/h5-11,13-14,24H,3-4,12H2,1-2H3,(H,26,27)/b18-11+,24-19?/t13-/m0/s1. The number of methoxy groups -OCH3 is 1. The number of hydrogen-bond acceptors (Lipinski definition) is 4. The molecule has 1 atom stereocenters. The average molecular weight is 399 g/mol. The molecule has 1 aliphatic rings. The first-order valence-electron chi connectivity index (χ1n) is 9.22. The lowest BCUT2D eigenvalue weighted by Crippen LogP contribution is -2.14. The number of aromatic nitrogens is 1. The van der Waals surface area contributed by atoms with Crippen molar-refractivity contribution in [3.05, 3.63) is 64.3 Å². The van der Waals surface area contributed by atoms with E-state index in [0.29, 0.717) is 16.8 Å². The lowest BCUT2D eigenvalue weighted by atomic mass is 9.94. The van der Waals surface area contributed by atoms with Crippen LogP contribution in [0.3, 0.4) is 0 Å². The summed E-state index contributed by atoms with van der Waals surface area (Å²) in [5.41, 5.74) is 3.35. The quantitative estimate of drug-likeness (QED) is 0.600. The number of nitrogens with one attached hydrogen (secondary N) is 1. The number of allylic oxidation sites excluding steroid dienone is 1. The Kier molecular flexibility index (Phi) is 6.15. The lowest BCUT2D eigenvalue weighted by Gasteiger charge is -2.14. The third-order valence-electron chi connectivity index (χ3n) is 4.77. The minimum Gasteiger partial charge on any atom is -0.481 e. The van der Waals surface area contributed by atoms with Crippen LogP contribution >= 0.6 is 11.6 Å². The van der Waals surface area contributed by atoms with Crippen molar-refractivity contribution in [2.24, 2.45) is 5.92 Å². The molecule has 1 aliphatic carbocycles. The van der Waals surface area contributed by atoms with Gasteiger partial charge in [0, 0.05) is 22.6 Å². The summed E-state index contributed by atoms with van der Waals surface area (Å²) in [6.45, 7) is 1.89. The fraction of sp³-hybridized carbons (Fsp3) is 0.318. The second-order valence-corrected chi connectivity index (χ2v) is 7.56. The molecule has 6 heteroatoms. The largest absolute Gasteiger partial charge is 0.481 e. The molecule has 0 aliphatic heterocycles. The van der Waals surface area contributed by atoms with Gasteiger partial charge >= 0.3 is 5.97 Å². The van der Waals surface area contributed by atoms with Crippen molar-refractivity contribution >= 4 is 28.9 Å². The molecule has 1 saturated carbocycles. The van der Waals surface area contributed by atoms with Crippen molar-refractivity contribution < 1.29 is 14.6 Å². The SMILES string of the molecule is COc1nc(/C(=C/[C@H](C)CC(=N)C(=O)O)c2ccc(Cl)cc2)ccc1C1CC1. The summed E-state index contributed by atoms with van der Waals surface area (Å²) in [5.74, 6) is -0.188. The highest BCUT2D eigenvalue weighted by atomic mass is 35.5.